The van der Waals surface area contributed by atoms with Gasteiger partial charge in [0.25, 0.3) is 0 Å². The van der Waals surface area contributed by atoms with E-state index < -0.39 is 45.2 Å². The van der Waals surface area contributed by atoms with Crippen molar-refractivity contribution in [3.8, 4) is 0 Å². The molecular weight excluding hydrogens is 1290 g/mol. The highest BCUT2D eigenvalue weighted by Gasteiger charge is 2.47. The first-order chi connectivity index (χ1) is 47.3. The highest BCUT2D eigenvalue weighted by molar-refractivity contribution is 5.82. The van der Waals surface area contributed by atoms with Crippen LogP contribution in [0.3, 0.4) is 0 Å². The van der Waals surface area contributed by atoms with Gasteiger partial charge in [-0.1, -0.05) is 67.2 Å². The molecule has 2 N–H and O–H groups in total. The second-order valence-electron chi connectivity index (χ2n) is 32.4. The third-order valence-electron chi connectivity index (χ3n) is 19.4. The zero-order valence-corrected chi connectivity index (χ0v) is 63.3. The van der Waals surface area contributed by atoms with Gasteiger partial charge in [0.05, 0.1) is 20.6 Å². The largest absolute Gasteiger partial charge is 0.469 e. The Hall–Kier alpha value is -7.38. The maximum Gasteiger partial charge on any atom is 0.410 e. The molecule has 0 aromatic heterocycles. The zero-order valence-electron chi connectivity index (χ0n) is 63.3. The number of likely N-dealkylation sites (tertiary alicyclic amines) is 6. The predicted molar refractivity (Wildman–Crippen MR) is 386 cm³/mol. The van der Waals surface area contributed by atoms with Gasteiger partial charge in [0.15, 0.2) is 0 Å². The molecule has 25 nitrogen and oxygen atoms in total. The Morgan fingerprint density at radius 1 is 0.515 bits per heavy atom. The van der Waals surface area contributed by atoms with Gasteiger partial charge < -0.3 is 63.6 Å². The number of nitrogens with one attached hydrogen (secondary N) is 2. The Balaban J connectivity index is 0.000000225. The van der Waals surface area contributed by atoms with Crippen molar-refractivity contribution in [2.24, 2.45) is 21.7 Å². The summed E-state index contributed by atoms with van der Waals surface area (Å²) in [6, 6.07) is 21.0. The molecule has 101 heavy (non-hydrogen) atoms. The lowest BCUT2D eigenvalue weighted by Crippen LogP contribution is -2.48. The Bertz CT molecular complexity index is 2980. The SMILES string of the molecule is C=CC(=O)OC.CC(C)(C)OC(=O)N1CCC(=O)CC1.CC(C)(C)OC(=O)N1CCC2(CC1)CC(=O)N(Cc1ccccc1)C2.CC(C)(C)OC(=O)N1CCC2(CCNC2)CC1.COC(=O)CC1(C[N+](=O)[O-])CCN(C(=O)OC(C)(C)C)CC1.c1ccc(CN2CCC3(CCNCC3)C2)cc1. The smallest absolute Gasteiger partial charge is 0.410 e. The summed E-state index contributed by atoms with van der Waals surface area (Å²) >= 11 is 0. The van der Waals surface area contributed by atoms with Crippen LogP contribution >= 0.6 is 0 Å². The van der Waals surface area contributed by atoms with Gasteiger partial charge in [0.2, 0.25) is 12.5 Å². The van der Waals surface area contributed by atoms with Crippen molar-refractivity contribution >= 4 is 48.0 Å². The first-order valence-corrected chi connectivity index (χ1v) is 36.1. The number of nitro groups is 1. The molecule has 0 unspecified atom stereocenters. The number of hydrogen-bond acceptors (Lipinski definition) is 19. The maximum atomic E-state index is 12.5. The number of ketones is 1. The first kappa shape index (κ1) is 84.3. The monoisotopic (exact) mass is 1420 g/mol. The minimum atomic E-state index is -0.755. The molecule has 8 saturated heterocycles. The van der Waals surface area contributed by atoms with Crippen LogP contribution in [0.15, 0.2) is 73.3 Å². The van der Waals surface area contributed by atoms with E-state index in [9.17, 15) is 48.5 Å². The quantitative estimate of drug-likeness (QED) is 0.0776. The second-order valence-corrected chi connectivity index (χ2v) is 32.4. The number of methoxy groups -OCH3 is 2. The fourth-order valence-electron chi connectivity index (χ4n) is 13.7. The van der Waals surface area contributed by atoms with Crippen LogP contribution < -0.4 is 10.6 Å². The number of carbonyl (C=O) groups is 8. The van der Waals surface area contributed by atoms with E-state index in [0.717, 1.165) is 71.0 Å². The van der Waals surface area contributed by atoms with Gasteiger partial charge in [-0.15, -0.1) is 0 Å². The number of hydrogen-bond donors (Lipinski definition) is 2. The third kappa shape index (κ3) is 30.2. The molecule has 0 saturated carbocycles. The summed E-state index contributed by atoms with van der Waals surface area (Å²) in [5, 5.41) is 17.8. The van der Waals surface area contributed by atoms with Gasteiger partial charge in [-0.05, 0) is 195 Å². The van der Waals surface area contributed by atoms with E-state index in [0.29, 0.717) is 88.7 Å². The average molecular weight is 1420 g/mol. The van der Waals surface area contributed by atoms with E-state index in [1.807, 2.05) is 90.3 Å². The summed E-state index contributed by atoms with van der Waals surface area (Å²) in [6.07, 6.45) is 11.6. The highest BCUT2D eigenvalue weighted by atomic mass is 16.6. The van der Waals surface area contributed by atoms with Crippen molar-refractivity contribution in [2.75, 3.05) is 119 Å². The average Bonchev–Trinajstić information content (AvgIpc) is 1.65. The molecule has 0 atom stereocenters. The normalized spacial score (nSPS) is 19.9. The number of piperidine rings is 5. The standard InChI is InChI=1S/C20H28N2O3.C15H22N2.C14H24N2O6.C13H24N2O2.C10H17NO3.C4H6O2/c1-19(2,3)25-18(24)21-11-9-20(10-12-21)13-17(23)22(15-20)14-16-7-5-4-6-8-16;1-2-4-14(5-3-1)12-17-11-8-15(13-17)6-9-16-10-7-15;1-13(2,3)22-12(18)15-7-5-14(6-8-15,10-16(19)20)9-11(17)21-4;1-12(2,3)17-11(16)15-8-5-13(6-9-15)4-7-14-10-13;1-10(2,3)14-9(13)11-6-4-8(12)5-7-11;1-3-4(5)6-2/h4-8H,9-15H2,1-3H3;1-5,16H,6-13H2;5-10H2,1-4H3;14H,4-10H2,1-3H3;4-7H2,1-3H3;3H,1H2,2H3. The lowest BCUT2D eigenvalue weighted by molar-refractivity contribution is -0.499. The highest BCUT2D eigenvalue weighted by Crippen LogP contribution is 2.43. The van der Waals surface area contributed by atoms with E-state index >= 15 is 0 Å². The van der Waals surface area contributed by atoms with Crippen molar-refractivity contribution in [1.29, 1.82) is 0 Å². The van der Waals surface area contributed by atoms with Crippen LogP contribution in [0.5, 0.6) is 0 Å². The lowest BCUT2D eigenvalue weighted by atomic mass is 9.75. The molecule has 8 fully saturated rings. The second kappa shape index (κ2) is 38.2. The molecule has 2 aromatic rings. The Kier molecular flexibility index (Phi) is 31.9. The van der Waals surface area contributed by atoms with E-state index in [2.05, 4.69) is 74.1 Å². The van der Waals surface area contributed by atoms with Gasteiger partial charge in [0, 0.05) is 126 Å². The minimum Gasteiger partial charge on any atom is -0.469 e. The van der Waals surface area contributed by atoms with Crippen molar-refractivity contribution in [3.63, 3.8) is 0 Å². The zero-order chi connectivity index (χ0) is 74.9. The minimum absolute atomic E-state index is 0.00730. The summed E-state index contributed by atoms with van der Waals surface area (Å²) < 4.78 is 30.1. The summed E-state index contributed by atoms with van der Waals surface area (Å²) in [6.45, 7) is 39.7. The lowest BCUT2D eigenvalue weighted by Gasteiger charge is -2.39. The maximum absolute atomic E-state index is 12.5. The number of ether oxygens (including phenoxy) is 6. The summed E-state index contributed by atoms with van der Waals surface area (Å²) in [5.41, 5.74) is 1.08. The summed E-state index contributed by atoms with van der Waals surface area (Å²) in [5.74, 6) is -0.401. The number of amides is 5. The Labute approximate surface area is 600 Å². The molecule has 8 aliphatic rings. The van der Waals surface area contributed by atoms with Crippen LogP contribution in [0, 0.1) is 31.8 Å². The molecular formula is C76H121N9O16. The van der Waals surface area contributed by atoms with Crippen LogP contribution in [0.1, 0.15) is 184 Å². The van der Waals surface area contributed by atoms with Gasteiger partial charge in [-0.3, -0.25) is 29.4 Å². The van der Waals surface area contributed by atoms with Gasteiger partial charge in [-0.25, -0.2) is 24.0 Å². The summed E-state index contributed by atoms with van der Waals surface area (Å²) in [4.78, 5) is 114. The number of esters is 2. The Morgan fingerprint density at radius 2 is 0.911 bits per heavy atom. The van der Waals surface area contributed by atoms with E-state index in [1.54, 1.807) is 30.6 Å². The molecule has 8 aliphatic heterocycles. The Morgan fingerprint density at radius 3 is 1.30 bits per heavy atom. The van der Waals surface area contributed by atoms with Gasteiger partial charge in [-0.2, -0.15) is 0 Å². The summed E-state index contributed by atoms with van der Waals surface area (Å²) in [7, 11) is 2.57. The topological polar surface area (TPSA) is 279 Å². The fourth-order valence-corrected chi connectivity index (χ4v) is 13.7. The van der Waals surface area contributed by atoms with Crippen molar-refractivity contribution < 1.29 is 71.7 Å². The molecule has 0 radical (unpaired) electrons. The number of nitrogens with zero attached hydrogens (tertiary/aromatic N) is 7. The van der Waals surface area contributed by atoms with Crippen molar-refractivity contribution in [2.45, 2.75) is 208 Å². The van der Waals surface area contributed by atoms with Gasteiger partial charge >= 0.3 is 36.3 Å². The van der Waals surface area contributed by atoms with Crippen LogP contribution in [0.2, 0.25) is 0 Å². The molecule has 0 bridgehead atoms. The molecule has 8 heterocycles. The van der Waals surface area contributed by atoms with Crippen LogP contribution in [0.4, 0.5) is 19.2 Å². The fraction of sp³-hybridized carbons (Fsp3) is 0.711. The molecule has 3 spiro atoms. The molecule has 25 heteroatoms. The predicted octanol–water partition coefficient (Wildman–Crippen LogP) is 11.5. The molecule has 566 valence electrons. The molecule has 10 rings (SSSR count). The van der Waals surface area contributed by atoms with Crippen molar-refractivity contribution in [3.05, 3.63) is 94.6 Å². The first-order valence-electron chi connectivity index (χ1n) is 36.1. The van der Waals surface area contributed by atoms with E-state index in [4.69, 9.17) is 18.9 Å². The third-order valence-corrected chi connectivity index (χ3v) is 19.4. The molecule has 0 aliphatic carbocycles. The van der Waals surface area contributed by atoms with Crippen molar-refractivity contribution in [1.82, 2.24) is 40.0 Å². The van der Waals surface area contributed by atoms with E-state index in [-0.39, 0.29) is 54.0 Å². The number of benzene rings is 2. The number of Topliss-reactive ketones (excluding diaryl/α,β-unsaturated/α-hetero) is 1. The van der Waals surface area contributed by atoms with Crippen LogP contribution in [0.25, 0.3) is 0 Å². The van der Waals surface area contributed by atoms with Crippen LogP contribution in [-0.2, 0) is 60.7 Å². The van der Waals surface area contributed by atoms with E-state index in [1.165, 1.54) is 82.1 Å². The van der Waals surface area contributed by atoms with Gasteiger partial charge in [0.1, 0.15) is 28.2 Å². The molecule has 2 aromatic carbocycles. The number of rotatable bonds is 9. The molecule has 5 amide bonds. The van der Waals surface area contributed by atoms with Crippen LogP contribution in [-0.4, -0.2) is 224 Å². The number of carbonyl (C=O) groups excluding carboxylic acids is 8.